The van der Waals surface area contributed by atoms with Crippen LogP contribution in [0.5, 0.6) is 0 Å². The van der Waals surface area contributed by atoms with Gasteiger partial charge in [-0.2, -0.15) is 0 Å². The summed E-state index contributed by atoms with van der Waals surface area (Å²) in [6.45, 7) is 9.62. The molecule has 2 atom stereocenters. The second kappa shape index (κ2) is 9.00. The van der Waals surface area contributed by atoms with E-state index in [2.05, 4.69) is 36.3 Å². The van der Waals surface area contributed by atoms with Crippen molar-refractivity contribution in [1.82, 2.24) is 15.5 Å². The Morgan fingerprint density at radius 2 is 2.10 bits per heavy atom. The van der Waals surface area contributed by atoms with E-state index in [1.54, 1.807) is 0 Å². The van der Waals surface area contributed by atoms with Crippen LogP contribution in [0.2, 0.25) is 0 Å². The Hall–Kier alpha value is -1.14. The summed E-state index contributed by atoms with van der Waals surface area (Å²) >= 11 is 0. The lowest BCUT2D eigenvalue weighted by Crippen LogP contribution is -2.49. The number of nitrogens with zero attached hydrogens (tertiary/aromatic N) is 1. The molecule has 6 nitrogen and oxygen atoms in total. The van der Waals surface area contributed by atoms with Gasteiger partial charge in [0.1, 0.15) is 0 Å². The summed E-state index contributed by atoms with van der Waals surface area (Å²) in [5, 5.41) is 5.08. The molecule has 122 valence electrons. The molecule has 0 spiro atoms. The van der Waals surface area contributed by atoms with Gasteiger partial charge in [0.2, 0.25) is 5.91 Å². The predicted octanol–water partition coefficient (Wildman–Crippen LogP) is 0.775. The smallest absolute Gasteiger partial charge is 0.321 e. The summed E-state index contributed by atoms with van der Waals surface area (Å²) in [7, 11) is 0. The predicted molar refractivity (Wildman–Crippen MR) is 83.8 cm³/mol. The normalized spacial score (nSPS) is 23.1. The molecule has 1 aliphatic rings. The SMILES string of the molecule is CC(C)CCNC(=O)NC(=O)CN1CCC(C)C(CN)C1. The van der Waals surface area contributed by atoms with Gasteiger partial charge in [-0.1, -0.05) is 20.8 Å². The van der Waals surface area contributed by atoms with E-state index in [1.807, 2.05) is 0 Å². The fourth-order valence-corrected chi connectivity index (χ4v) is 2.56. The first-order chi connectivity index (χ1) is 9.92. The van der Waals surface area contributed by atoms with E-state index in [0.29, 0.717) is 30.8 Å². The molecule has 1 rings (SSSR count). The van der Waals surface area contributed by atoms with E-state index in [-0.39, 0.29) is 12.5 Å². The van der Waals surface area contributed by atoms with Crippen molar-refractivity contribution in [3.05, 3.63) is 0 Å². The van der Waals surface area contributed by atoms with Gasteiger partial charge in [0.15, 0.2) is 0 Å². The van der Waals surface area contributed by atoms with E-state index in [4.69, 9.17) is 5.73 Å². The summed E-state index contributed by atoms with van der Waals surface area (Å²) in [6.07, 6.45) is 1.96. The molecule has 0 radical (unpaired) electrons. The Balaban J connectivity index is 2.25. The number of hydrogen-bond acceptors (Lipinski definition) is 4. The Morgan fingerprint density at radius 3 is 2.71 bits per heavy atom. The van der Waals surface area contributed by atoms with Crippen molar-refractivity contribution in [3.8, 4) is 0 Å². The highest BCUT2D eigenvalue weighted by Crippen LogP contribution is 2.21. The highest BCUT2D eigenvalue weighted by Gasteiger charge is 2.26. The molecule has 0 aromatic carbocycles. The van der Waals surface area contributed by atoms with Gasteiger partial charge >= 0.3 is 6.03 Å². The van der Waals surface area contributed by atoms with E-state index in [9.17, 15) is 9.59 Å². The van der Waals surface area contributed by atoms with Gasteiger partial charge < -0.3 is 11.1 Å². The summed E-state index contributed by atoms with van der Waals surface area (Å²) in [5.41, 5.74) is 5.76. The Morgan fingerprint density at radius 1 is 1.38 bits per heavy atom. The van der Waals surface area contributed by atoms with Gasteiger partial charge in [-0.05, 0) is 43.7 Å². The fraction of sp³-hybridized carbons (Fsp3) is 0.867. The van der Waals surface area contributed by atoms with Crippen LogP contribution in [0.15, 0.2) is 0 Å². The summed E-state index contributed by atoms with van der Waals surface area (Å²) in [5.74, 6) is 1.33. The molecule has 0 aromatic heterocycles. The van der Waals surface area contributed by atoms with Crippen molar-refractivity contribution in [2.24, 2.45) is 23.5 Å². The van der Waals surface area contributed by atoms with E-state index in [1.165, 1.54) is 0 Å². The average Bonchev–Trinajstić information content (AvgIpc) is 2.40. The first-order valence-electron chi connectivity index (χ1n) is 7.92. The molecule has 0 aromatic rings. The molecule has 0 saturated carbocycles. The highest BCUT2D eigenvalue weighted by molar-refractivity contribution is 5.95. The molecule has 1 fully saturated rings. The maximum absolute atomic E-state index is 11.9. The zero-order chi connectivity index (χ0) is 15.8. The van der Waals surface area contributed by atoms with Crippen molar-refractivity contribution >= 4 is 11.9 Å². The monoisotopic (exact) mass is 298 g/mol. The molecule has 0 aliphatic carbocycles. The number of carbonyl (C=O) groups is 2. The lowest BCUT2D eigenvalue weighted by atomic mass is 9.87. The molecular formula is C15H30N4O2. The summed E-state index contributed by atoms with van der Waals surface area (Å²) < 4.78 is 0. The van der Waals surface area contributed by atoms with Crippen LogP contribution in [0.1, 0.15) is 33.6 Å². The second-order valence-corrected chi connectivity index (χ2v) is 6.48. The first kappa shape index (κ1) is 17.9. The van der Waals surface area contributed by atoms with E-state index in [0.717, 1.165) is 25.9 Å². The summed E-state index contributed by atoms with van der Waals surface area (Å²) in [4.78, 5) is 25.5. The van der Waals surface area contributed by atoms with Crippen molar-refractivity contribution in [2.45, 2.75) is 33.6 Å². The van der Waals surface area contributed by atoms with Crippen LogP contribution < -0.4 is 16.4 Å². The van der Waals surface area contributed by atoms with Gasteiger partial charge in [-0.15, -0.1) is 0 Å². The number of urea groups is 1. The summed E-state index contributed by atoms with van der Waals surface area (Å²) in [6, 6.07) is -0.401. The van der Waals surface area contributed by atoms with Crippen molar-refractivity contribution in [3.63, 3.8) is 0 Å². The molecule has 0 bridgehead atoms. The third-order valence-corrected chi connectivity index (χ3v) is 4.13. The maximum atomic E-state index is 11.9. The topological polar surface area (TPSA) is 87.5 Å². The third kappa shape index (κ3) is 6.91. The van der Waals surface area contributed by atoms with Crippen LogP contribution in [-0.4, -0.2) is 49.6 Å². The van der Waals surface area contributed by atoms with Crippen LogP contribution in [0, 0.1) is 17.8 Å². The Bertz CT molecular complexity index is 347. The number of nitrogens with two attached hydrogens (primary N) is 1. The first-order valence-corrected chi connectivity index (χ1v) is 7.92. The van der Waals surface area contributed by atoms with Gasteiger partial charge in [0, 0.05) is 13.1 Å². The molecule has 1 heterocycles. The molecule has 3 amide bonds. The van der Waals surface area contributed by atoms with Gasteiger partial charge in [0.05, 0.1) is 6.54 Å². The number of likely N-dealkylation sites (tertiary alicyclic amines) is 1. The minimum absolute atomic E-state index is 0.248. The quantitative estimate of drug-likeness (QED) is 0.676. The number of nitrogens with one attached hydrogen (secondary N) is 2. The zero-order valence-corrected chi connectivity index (χ0v) is 13.5. The minimum Gasteiger partial charge on any atom is -0.338 e. The Kier molecular flexibility index (Phi) is 7.67. The number of imide groups is 1. The number of hydrogen-bond donors (Lipinski definition) is 3. The van der Waals surface area contributed by atoms with Gasteiger partial charge in [0.25, 0.3) is 0 Å². The lowest BCUT2D eigenvalue weighted by Gasteiger charge is -2.36. The van der Waals surface area contributed by atoms with Crippen LogP contribution in [0.3, 0.4) is 0 Å². The molecule has 1 aliphatic heterocycles. The molecule has 2 unspecified atom stereocenters. The van der Waals surface area contributed by atoms with Crippen LogP contribution in [0.4, 0.5) is 4.79 Å². The third-order valence-electron chi connectivity index (χ3n) is 4.13. The standard InChI is InChI=1S/C15H30N4O2/c1-11(2)4-6-17-15(21)18-14(20)10-19-7-5-12(3)13(8-16)9-19/h11-13H,4-10,16H2,1-3H3,(H2,17,18,20,21). The van der Waals surface area contributed by atoms with Crippen LogP contribution in [-0.2, 0) is 4.79 Å². The lowest BCUT2D eigenvalue weighted by molar-refractivity contribution is -0.121. The van der Waals surface area contributed by atoms with Crippen molar-refractivity contribution in [2.75, 3.05) is 32.7 Å². The molecule has 21 heavy (non-hydrogen) atoms. The molecular weight excluding hydrogens is 268 g/mol. The van der Waals surface area contributed by atoms with Crippen molar-refractivity contribution < 1.29 is 9.59 Å². The fourth-order valence-electron chi connectivity index (χ4n) is 2.56. The number of piperidine rings is 1. The number of amides is 3. The minimum atomic E-state index is -0.401. The van der Waals surface area contributed by atoms with E-state index < -0.39 is 6.03 Å². The van der Waals surface area contributed by atoms with Crippen LogP contribution in [0.25, 0.3) is 0 Å². The van der Waals surface area contributed by atoms with Crippen LogP contribution >= 0.6 is 0 Å². The average molecular weight is 298 g/mol. The van der Waals surface area contributed by atoms with Gasteiger partial charge in [-0.25, -0.2) is 4.79 Å². The second-order valence-electron chi connectivity index (χ2n) is 6.48. The number of carbonyl (C=O) groups excluding carboxylic acids is 2. The highest BCUT2D eigenvalue weighted by atomic mass is 16.2. The van der Waals surface area contributed by atoms with Crippen molar-refractivity contribution in [1.29, 1.82) is 0 Å². The molecule has 6 heteroatoms. The number of rotatable bonds is 6. The van der Waals surface area contributed by atoms with E-state index >= 15 is 0 Å². The maximum Gasteiger partial charge on any atom is 0.321 e. The molecule has 1 saturated heterocycles. The zero-order valence-electron chi connectivity index (χ0n) is 13.5. The molecule has 4 N–H and O–H groups in total. The largest absolute Gasteiger partial charge is 0.338 e. The Labute approximate surface area is 127 Å². The van der Waals surface area contributed by atoms with Gasteiger partial charge in [-0.3, -0.25) is 15.0 Å².